The van der Waals surface area contributed by atoms with E-state index in [0.29, 0.717) is 42.5 Å². The van der Waals surface area contributed by atoms with E-state index >= 15 is 0 Å². The number of nitrogens with one attached hydrogen (secondary N) is 2. The van der Waals surface area contributed by atoms with Gasteiger partial charge in [-0.2, -0.15) is 0 Å². The molecule has 2 rings (SSSR count). The van der Waals surface area contributed by atoms with Crippen LogP contribution in [0.5, 0.6) is 5.75 Å². The van der Waals surface area contributed by atoms with Gasteiger partial charge in [0.1, 0.15) is 5.75 Å². The quantitative estimate of drug-likeness (QED) is 0.684. The molecule has 0 saturated carbocycles. The van der Waals surface area contributed by atoms with Crippen molar-refractivity contribution in [1.82, 2.24) is 4.72 Å². The molecule has 1 amide bonds. The molecule has 0 unspecified atom stereocenters. The van der Waals surface area contributed by atoms with Crippen LogP contribution in [0.3, 0.4) is 0 Å². The number of para-hydroxylation sites is 1. The lowest BCUT2D eigenvalue weighted by Crippen LogP contribution is -2.24. The molecule has 0 heterocycles. The van der Waals surface area contributed by atoms with E-state index in [1.54, 1.807) is 30.3 Å². The Morgan fingerprint density at radius 3 is 2.37 bits per heavy atom. The highest BCUT2D eigenvalue weighted by molar-refractivity contribution is 7.89. The molecular formula is C20H26N2O4S. The summed E-state index contributed by atoms with van der Waals surface area (Å²) in [6.45, 7) is 6.86. The van der Waals surface area contributed by atoms with E-state index in [2.05, 4.69) is 10.0 Å². The SMILES string of the molecule is CCCNS(=O)(=O)c1ccc(NC(=O)c2ccccc2OCC(C)C)cc1. The third-order valence-corrected chi connectivity index (χ3v) is 5.15. The molecule has 0 aromatic heterocycles. The largest absolute Gasteiger partial charge is 0.492 e. The van der Waals surface area contributed by atoms with Crippen molar-refractivity contribution in [1.29, 1.82) is 0 Å². The molecule has 0 aliphatic carbocycles. The van der Waals surface area contributed by atoms with E-state index in [0.717, 1.165) is 0 Å². The predicted molar refractivity (Wildman–Crippen MR) is 107 cm³/mol. The summed E-state index contributed by atoms with van der Waals surface area (Å²) >= 11 is 0. The van der Waals surface area contributed by atoms with Crippen LogP contribution in [0.25, 0.3) is 0 Å². The first-order chi connectivity index (χ1) is 12.8. The summed E-state index contributed by atoms with van der Waals surface area (Å²) in [5.41, 5.74) is 0.938. The molecule has 0 aliphatic heterocycles. The van der Waals surface area contributed by atoms with Gasteiger partial charge in [-0.25, -0.2) is 13.1 Å². The minimum Gasteiger partial charge on any atom is -0.492 e. The van der Waals surface area contributed by atoms with Gasteiger partial charge in [-0.05, 0) is 48.7 Å². The van der Waals surface area contributed by atoms with Crippen molar-refractivity contribution in [2.45, 2.75) is 32.1 Å². The zero-order valence-corrected chi connectivity index (χ0v) is 16.7. The number of anilines is 1. The Kier molecular flexibility index (Phi) is 7.38. The molecular weight excluding hydrogens is 364 g/mol. The summed E-state index contributed by atoms with van der Waals surface area (Å²) in [5.74, 6) is 0.553. The van der Waals surface area contributed by atoms with Gasteiger partial charge in [0.2, 0.25) is 10.0 Å². The number of rotatable bonds is 9. The summed E-state index contributed by atoms with van der Waals surface area (Å²) in [6, 6.07) is 13.1. The zero-order chi connectivity index (χ0) is 19.9. The number of carbonyl (C=O) groups is 1. The van der Waals surface area contributed by atoms with Crippen LogP contribution in [0.15, 0.2) is 53.4 Å². The summed E-state index contributed by atoms with van der Waals surface area (Å²) in [5, 5.41) is 2.77. The van der Waals surface area contributed by atoms with Crippen LogP contribution in [0, 0.1) is 5.92 Å². The van der Waals surface area contributed by atoms with Crippen LogP contribution in [0.4, 0.5) is 5.69 Å². The average molecular weight is 391 g/mol. The molecule has 0 fully saturated rings. The molecule has 0 radical (unpaired) electrons. The minimum absolute atomic E-state index is 0.162. The minimum atomic E-state index is -3.52. The lowest BCUT2D eigenvalue weighted by atomic mass is 10.1. The van der Waals surface area contributed by atoms with E-state index in [1.807, 2.05) is 26.8 Å². The molecule has 7 heteroatoms. The standard InChI is InChI=1S/C20H26N2O4S/c1-4-13-21-27(24,25)17-11-9-16(10-12-17)22-20(23)18-7-5-6-8-19(18)26-14-15(2)3/h5-12,15,21H,4,13-14H2,1-3H3,(H,22,23). The number of hydrogen-bond acceptors (Lipinski definition) is 4. The van der Waals surface area contributed by atoms with Crippen molar-refractivity contribution in [2.24, 2.45) is 5.92 Å². The van der Waals surface area contributed by atoms with Gasteiger partial charge in [0.15, 0.2) is 0 Å². The number of ether oxygens (including phenoxy) is 1. The highest BCUT2D eigenvalue weighted by Gasteiger charge is 2.15. The maximum Gasteiger partial charge on any atom is 0.259 e. The van der Waals surface area contributed by atoms with Gasteiger partial charge in [0, 0.05) is 12.2 Å². The zero-order valence-electron chi connectivity index (χ0n) is 15.9. The Labute approximate surface area is 161 Å². The Morgan fingerprint density at radius 1 is 1.07 bits per heavy atom. The Morgan fingerprint density at radius 2 is 1.74 bits per heavy atom. The van der Waals surface area contributed by atoms with Crippen molar-refractivity contribution in [3.8, 4) is 5.75 Å². The summed E-state index contributed by atoms with van der Waals surface area (Å²) in [7, 11) is -3.52. The predicted octanol–water partition coefficient (Wildman–Crippen LogP) is 3.66. The number of benzene rings is 2. The van der Waals surface area contributed by atoms with Crippen molar-refractivity contribution in [2.75, 3.05) is 18.5 Å². The molecule has 0 bridgehead atoms. The normalized spacial score (nSPS) is 11.4. The molecule has 0 atom stereocenters. The summed E-state index contributed by atoms with van der Waals surface area (Å²) in [6.07, 6.45) is 0.714. The molecule has 0 spiro atoms. The molecule has 2 aromatic carbocycles. The fourth-order valence-corrected chi connectivity index (χ4v) is 3.41. The number of hydrogen-bond donors (Lipinski definition) is 2. The van der Waals surface area contributed by atoms with Gasteiger partial charge in [0.05, 0.1) is 17.1 Å². The first-order valence-electron chi connectivity index (χ1n) is 8.96. The highest BCUT2D eigenvalue weighted by Crippen LogP contribution is 2.21. The highest BCUT2D eigenvalue weighted by atomic mass is 32.2. The number of sulfonamides is 1. The van der Waals surface area contributed by atoms with Crippen LogP contribution in [0.2, 0.25) is 0 Å². The maximum atomic E-state index is 12.6. The van der Waals surface area contributed by atoms with Crippen LogP contribution in [0.1, 0.15) is 37.6 Å². The molecule has 2 N–H and O–H groups in total. The Bertz CT molecular complexity index is 862. The molecule has 2 aromatic rings. The third kappa shape index (κ3) is 6.08. The molecule has 27 heavy (non-hydrogen) atoms. The second kappa shape index (κ2) is 9.53. The van der Waals surface area contributed by atoms with Gasteiger partial charge in [-0.3, -0.25) is 4.79 Å². The van der Waals surface area contributed by atoms with Crippen molar-refractivity contribution in [3.63, 3.8) is 0 Å². The van der Waals surface area contributed by atoms with Crippen molar-refractivity contribution < 1.29 is 17.9 Å². The van der Waals surface area contributed by atoms with Gasteiger partial charge >= 0.3 is 0 Å². The van der Waals surface area contributed by atoms with E-state index in [1.165, 1.54) is 12.1 Å². The van der Waals surface area contributed by atoms with Crippen molar-refractivity contribution in [3.05, 3.63) is 54.1 Å². The molecule has 0 saturated heterocycles. The van der Waals surface area contributed by atoms with E-state index in [9.17, 15) is 13.2 Å². The van der Waals surface area contributed by atoms with Crippen LogP contribution >= 0.6 is 0 Å². The first kappa shape index (κ1) is 20.9. The fraction of sp³-hybridized carbons (Fsp3) is 0.350. The van der Waals surface area contributed by atoms with Crippen LogP contribution in [-0.4, -0.2) is 27.5 Å². The van der Waals surface area contributed by atoms with E-state index in [4.69, 9.17) is 4.74 Å². The van der Waals surface area contributed by atoms with Gasteiger partial charge in [-0.1, -0.05) is 32.9 Å². The van der Waals surface area contributed by atoms with Gasteiger partial charge in [0.25, 0.3) is 5.91 Å². The van der Waals surface area contributed by atoms with Gasteiger partial charge < -0.3 is 10.1 Å². The number of carbonyl (C=O) groups excluding carboxylic acids is 1. The monoisotopic (exact) mass is 390 g/mol. The topological polar surface area (TPSA) is 84.5 Å². The average Bonchev–Trinajstić information content (AvgIpc) is 2.65. The lowest BCUT2D eigenvalue weighted by molar-refractivity contribution is 0.102. The van der Waals surface area contributed by atoms with Crippen LogP contribution < -0.4 is 14.8 Å². The molecule has 6 nitrogen and oxygen atoms in total. The molecule has 0 aliphatic rings. The summed E-state index contributed by atoms with van der Waals surface area (Å²) in [4.78, 5) is 12.7. The first-order valence-corrected chi connectivity index (χ1v) is 10.4. The third-order valence-electron chi connectivity index (χ3n) is 3.67. The Balaban J connectivity index is 2.11. The smallest absolute Gasteiger partial charge is 0.259 e. The van der Waals surface area contributed by atoms with Gasteiger partial charge in [-0.15, -0.1) is 0 Å². The Hall–Kier alpha value is -2.38. The van der Waals surface area contributed by atoms with Crippen LogP contribution in [-0.2, 0) is 10.0 Å². The van der Waals surface area contributed by atoms with E-state index < -0.39 is 10.0 Å². The second-order valence-electron chi connectivity index (χ2n) is 6.58. The summed E-state index contributed by atoms with van der Waals surface area (Å²) < 4.78 is 32.4. The molecule has 146 valence electrons. The fourth-order valence-electron chi connectivity index (χ4n) is 2.27. The lowest BCUT2D eigenvalue weighted by Gasteiger charge is -2.13. The maximum absolute atomic E-state index is 12.6. The number of amides is 1. The van der Waals surface area contributed by atoms with E-state index in [-0.39, 0.29) is 10.8 Å². The second-order valence-corrected chi connectivity index (χ2v) is 8.34. The van der Waals surface area contributed by atoms with Crippen molar-refractivity contribution >= 4 is 21.6 Å².